The smallest absolute Gasteiger partial charge is 0.200 e. The van der Waals surface area contributed by atoms with Gasteiger partial charge in [0.25, 0.3) is 0 Å². The number of pyridine rings is 1. The Morgan fingerprint density at radius 1 is 1.07 bits per heavy atom. The summed E-state index contributed by atoms with van der Waals surface area (Å²) in [6.07, 6.45) is 1.76. The Bertz CT molecular complexity index is 1010. The van der Waals surface area contributed by atoms with Crippen molar-refractivity contribution in [2.45, 2.75) is 32.5 Å². The van der Waals surface area contributed by atoms with Crippen LogP contribution in [0.15, 0.2) is 47.4 Å². The maximum absolute atomic E-state index is 14.4. The van der Waals surface area contributed by atoms with Gasteiger partial charge in [-0.25, -0.2) is 4.39 Å². The number of hydrogen-bond donors (Lipinski definition) is 3. The van der Waals surface area contributed by atoms with Crippen molar-refractivity contribution in [3.05, 3.63) is 58.6 Å². The van der Waals surface area contributed by atoms with E-state index in [2.05, 4.69) is 4.98 Å². The molecule has 154 valence electrons. The number of rotatable bonds is 9. The normalized spacial score (nSPS) is 11.2. The van der Waals surface area contributed by atoms with E-state index >= 15 is 0 Å². The molecule has 0 aliphatic carbocycles. The fourth-order valence-corrected chi connectivity index (χ4v) is 3.00. The lowest BCUT2D eigenvalue weighted by Gasteiger charge is -2.11. The molecule has 6 nitrogen and oxygen atoms in total. The number of aliphatic hydroxyl groups excluding tert-OH is 1. The minimum atomic E-state index is -1.34. The van der Waals surface area contributed by atoms with Crippen molar-refractivity contribution in [2.24, 2.45) is 0 Å². The zero-order valence-electron chi connectivity index (χ0n) is 16.2. The van der Waals surface area contributed by atoms with Gasteiger partial charge >= 0.3 is 0 Å². The SMILES string of the molecule is CCCOc1ccc(F)c2c(=O)c(-c3ccc(OCCCC(O)O)cc3)c[nH]c12. The van der Waals surface area contributed by atoms with Crippen LogP contribution in [0.25, 0.3) is 22.0 Å². The molecule has 0 aliphatic heterocycles. The molecule has 0 atom stereocenters. The Balaban J connectivity index is 1.85. The zero-order chi connectivity index (χ0) is 20.8. The molecule has 0 spiro atoms. The van der Waals surface area contributed by atoms with E-state index in [0.717, 1.165) is 6.42 Å². The molecule has 1 heterocycles. The van der Waals surface area contributed by atoms with Crippen LogP contribution in [0.5, 0.6) is 11.5 Å². The van der Waals surface area contributed by atoms with Crippen LogP contribution in [0, 0.1) is 5.82 Å². The highest BCUT2D eigenvalue weighted by Crippen LogP contribution is 2.27. The molecule has 0 amide bonds. The average molecular weight is 401 g/mol. The van der Waals surface area contributed by atoms with Crippen molar-refractivity contribution < 1.29 is 24.1 Å². The first-order valence-electron chi connectivity index (χ1n) is 9.57. The molecule has 0 fully saturated rings. The van der Waals surface area contributed by atoms with E-state index in [9.17, 15) is 9.18 Å². The third kappa shape index (κ3) is 4.93. The first-order valence-corrected chi connectivity index (χ1v) is 9.57. The molecule has 3 N–H and O–H groups in total. The van der Waals surface area contributed by atoms with Gasteiger partial charge < -0.3 is 24.7 Å². The largest absolute Gasteiger partial charge is 0.494 e. The monoisotopic (exact) mass is 401 g/mol. The number of fused-ring (bicyclic) bond motifs is 1. The molecular formula is C22H24FNO5. The second-order valence-corrected chi connectivity index (χ2v) is 6.67. The summed E-state index contributed by atoms with van der Waals surface area (Å²) in [5.41, 5.74) is 0.909. The van der Waals surface area contributed by atoms with Crippen LogP contribution in [-0.2, 0) is 0 Å². The molecule has 29 heavy (non-hydrogen) atoms. The van der Waals surface area contributed by atoms with Gasteiger partial charge in [-0.1, -0.05) is 19.1 Å². The summed E-state index contributed by atoms with van der Waals surface area (Å²) in [5, 5.41) is 17.6. The van der Waals surface area contributed by atoms with E-state index in [1.165, 1.54) is 12.1 Å². The average Bonchev–Trinajstić information content (AvgIpc) is 2.71. The summed E-state index contributed by atoms with van der Waals surface area (Å²) < 4.78 is 25.6. The molecule has 0 aliphatic rings. The second-order valence-electron chi connectivity index (χ2n) is 6.67. The number of aliphatic hydroxyl groups is 2. The number of nitrogens with one attached hydrogen (secondary N) is 1. The van der Waals surface area contributed by atoms with Crippen molar-refractivity contribution in [2.75, 3.05) is 13.2 Å². The van der Waals surface area contributed by atoms with Crippen LogP contribution in [0.4, 0.5) is 4.39 Å². The number of hydrogen-bond acceptors (Lipinski definition) is 5. The number of H-pyrrole nitrogens is 1. The predicted octanol–water partition coefficient (Wildman–Crippen LogP) is 3.59. The van der Waals surface area contributed by atoms with Crippen LogP contribution in [-0.4, -0.2) is 34.7 Å². The molecule has 7 heteroatoms. The Labute approximate surface area is 167 Å². The quantitative estimate of drug-likeness (QED) is 0.376. The lowest BCUT2D eigenvalue weighted by atomic mass is 10.0. The van der Waals surface area contributed by atoms with E-state index in [0.29, 0.717) is 47.8 Å². The maximum Gasteiger partial charge on any atom is 0.200 e. The highest BCUT2D eigenvalue weighted by atomic mass is 19.1. The number of halogens is 1. The van der Waals surface area contributed by atoms with Crippen LogP contribution >= 0.6 is 0 Å². The molecular weight excluding hydrogens is 377 g/mol. The number of aromatic nitrogens is 1. The molecule has 3 aromatic rings. The van der Waals surface area contributed by atoms with E-state index < -0.39 is 17.5 Å². The van der Waals surface area contributed by atoms with Crippen LogP contribution in [0.2, 0.25) is 0 Å². The molecule has 0 saturated carbocycles. The van der Waals surface area contributed by atoms with E-state index in [1.807, 2.05) is 6.92 Å². The zero-order valence-corrected chi connectivity index (χ0v) is 16.2. The van der Waals surface area contributed by atoms with Gasteiger partial charge in [0.05, 0.1) is 24.1 Å². The van der Waals surface area contributed by atoms with Gasteiger partial charge in [-0.15, -0.1) is 0 Å². The number of aromatic amines is 1. The topological polar surface area (TPSA) is 91.8 Å². The fraction of sp³-hybridized carbons (Fsp3) is 0.318. The molecule has 0 radical (unpaired) electrons. The first kappa shape index (κ1) is 20.8. The van der Waals surface area contributed by atoms with Crippen LogP contribution in [0.1, 0.15) is 26.2 Å². The van der Waals surface area contributed by atoms with E-state index in [-0.39, 0.29) is 11.8 Å². The number of ether oxygens (including phenoxy) is 2. The van der Waals surface area contributed by atoms with Gasteiger partial charge in [0.2, 0.25) is 0 Å². The fourth-order valence-electron chi connectivity index (χ4n) is 3.00. The van der Waals surface area contributed by atoms with Gasteiger partial charge in [-0.05, 0) is 42.7 Å². The van der Waals surface area contributed by atoms with Gasteiger partial charge in [0.15, 0.2) is 11.7 Å². The summed E-state index contributed by atoms with van der Waals surface area (Å²) >= 11 is 0. The molecule has 0 unspecified atom stereocenters. The minimum Gasteiger partial charge on any atom is -0.494 e. The lowest BCUT2D eigenvalue weighted by Crippen LogP contribution is -2.10. The van der Waals surface area contributed by atoms with Crippen molar-refractivity contribution in [3.63, 3.8) is 0 Å². The van der Waals surface area contributed by atoms with Gasteiger partial charge in [-0.3, -0.25) is 4.79 Å². The van der Waals surface area contributed by atoms with E-state index in [1.54, 1.807) is 30.5 Å². The maximum atomic E-state index is 14.4. The van der Waals surface area contributed by atoms with Crippen molar-refractivity contribution in [3.8, 4) is 22.6 Å². The highest BCUT2D eigenvalue weighted by molar-refractivity contribution is 5.88. The minimum absolute atomic E-state index is 0.0287. The molecule has 1 aromatic heterocycles. The molecule has 2 aromatic carbocycles. The first-order chi connectivity index (χ1) is 14.0. The third-order valence-corrected chi connectivity index (χ3v) is 4.45. The summed E-state index contributed by atoms with van der Waals surface area (Å²) in [5.74, 6) is 0.446. The molecule has 0 saturated heterocycles. The summed E-state index contributed by atoms with van der Waals surface area (Å²) in [6, 6.07) is 9.64. The summed E-state index contributed by atoms with van der Waals surface area (Å²) in [4.78, 5) is 15.9. The lowest BCUT2D eigenvalue weighted by molar-refractivity contribution is -0.0479. The van der Waals surface area contributed by atoms with Crippen LogP contribution < -0.4 is 14.9 Å². The molecule has 0 bridgehead atoms. The Kier molecular flexibility index (Phi) is 6.85. The molecule has 3 rings (SSSR count). The Morgan fingerprint density at radius 2 is 1.83 bits per heavy atom. The van der Waals surface area contributed by atoms with Crippen molar-refractivity contribution >= 4 is 10.9 Å². The van der Waals surface area contributed by atoms with E-state index in [4.69, 9.17) is 19.7 Å². The summed E-state index contributed by atoms with van der Waals surface area (Å²) in [7, 11) is 0. The van der Waals surface area contributed by atoms with Gasteiger partial charge in [-0.2, -0.15) is 0 Å². The Morgan fingerprint density at radius 3 is 2.52 bits per heavy atom. The predicted molar refractivity (Wildman–Crippen MR) is 109 cm³/mol. The second kappa shape index (κ2) is 9.54. The third-order valence-electron chi connectivity index (χ3n) is 4.45. The van der Waals surface area contributed by atoms with Crippen LogP contribution in [0.3, 0.4) is 0 Å². The van der Waals surface area contributed by atoms with Gasteiger partial charge in [0.1, 0.15) is 17.3 Å². The number of benzene rings is 2. The van der Waals surface area contributed by atoms with Gasteiger partial charge in [0, 0.05) is 18.2 Å². The Hall–Kier alpha value is -2.90. The standard InChI is InChI=1S/C22H24FNO5/c1-2-11-29-18-10-9-17(23)20-21(18)24-13-16(22(20)27)14-5-7-15(8-6-14)28-12-3-4-19(25)26/h5-10,13,19,25-26H,2-4,11-12H2,1H3,(H,24,27). The highest BCUT2D eigenvalue weighted by Gasteiger charge is 2.15. The van der Waals surface area contributed by atoms with Crippen molar-refractivity contribution in [1.29, 1.82) is 0 Å². The summed E-state index contributed by atoms with van der Waals surface area (Å²) in [6.45, 7) is 2.79. The van der Waals surface area contributed by atoms with Crippen molar-refractivity contribution in [1.82, 2.24) is 4.98 Å².